The molecule has 0 spiro atoms. The molecule has 0 heterocycles. The van der Waals surface area contributed by atoms with Crippen LogP contribution in [0.2, 0.25) is 0 Å². The largest absolute Gasteiger partial charge is 0.493 e. The van der Waals surface area contributed by atoms with Crippen LogP contribution in [0.25, 0.3) is 0 Å². The predicted molar refractivity (Wildman–Crippen MR) is 118 cm³/mol. The molecule has 0 aliphatic carbocycles. The lowest BCUT2D eigenvalue weighted by Gasteiger charge is -2.17. The molecule has 170 valence electrons. The molecule has 0 saturated heterocycles. The topological polar surface area (TPSA) is 103 Å². The molecule has 0 fully saturated rings. The Bertz CT molecular complexity index is 976. The van der Waals surface area contributed by atoms with Gasteiger partial charge in [-0.25, -0.2) is 13.1 Å². The summed E-state index contributed by atoms with van der Waals surface area (Å²) < 4.78 is 43.2. The molecule has 2 rings (SSSR count). The van der Waals surface area contributed by atoms with Crippen molar-refractivity contribution in [1.82, 2.24) is 10.0 Å². The van der Waals surface area contributed by atoms with Gasteiger partial charge in [-0.05, 0) is 62.2 Å². The van der Waals surface area contributed by atoms with Gasteiger partial charge >= 0.3 is 0 Å². The number of carbonyl (C=O) groups is 1. The predicted octanol–water partition coefficient (Wildman–Crippen LogP) is 3.04. The molecule has 0 aliphatic rings. The van der Waals surface area contributed by atoms with Crippen molar-refractivity contribution in [3.8, 4) is 17.2 Å². The van der Waals surface area contributed by atoms with E-state index in [1.807, 2.05) is 19.9 Å². The smallest absolute Gasteiger partial charge is 0.258 e. The Labute approximate surface area is 184 Å². The zero-order valence-corrected chi connectivity index (χ0v) is 19.3. The van der Waals surface area contributed by atoms with Crippen molar-refractivity contribution in [3.05, 3.63) is 48.0 Å². The molecule has 0 radical (unpaired) electrons. The maximum Gasteiger partial charge on any atom is 0.258 e. The highest BCUT2D eigenvalue weighted by molar-refractivity contribution is 7.89. The molecular formula is C22H30N2O6S. The first-order valence-corrected chi connectivity index (χ1v) is 11.4. The SMILES string of the molecule is CC[C@H](C)NS(=O)(=O)c1ccc(OCC(=O)N[C@H](C)c2ccc(OC)c(OC)c2)cc1. The van der Waals surface area contributed by atoms with E-state index >= 15 is 0 Å². The summed E-state index contributed by atoms with van der Waals surface area (Å²) in [7, 11) is -0.470. The van der Waals surface area contributed by atoms with Crippen LogP contribution in [0.5, 0.6) is 17.2 Å². The minimum Gasteiger partial charge on any atom is -0.493 e. The molecule has 0 saturated carbocycles. The van der Waals surface area contributed by atoms with Gasteiger partial charge in [0.25, 0.3) is 5.91 Å². The Balaban J connectivity index is 1.92. The molecule has 2 atom stereocenters. The van der Waals surface area contributed by atoms with Crippen molar-refractivity contribution in [1.29, 1.82) is 0 Å². The summed E-state index contributed by atoms with van der Waals surface area (Å²) in [5.41, 5.74) is 0.856. The number of carbonyl (C=O) groups excluding carboxylic acids is 1. The molecule has 1 amide bonds. The van der Waals surface area contributed by atoms with Crippen LogP contribution in [0.4, 0.5) is 0 Å². The quantitative estimate of drug-likeness (QED) is 0.546. The molecule has 31 heavy (non-hydrogen) atoms. The minimum atomic E-state index is -3.58. The fourth-order valence-electron chi connectivity index (χ4n) is 2.77. The van der Waals surface area contributed by atoms with E-state index in [-0.39, 0.29) is 29.5 Å². The first kappa shape index (κ1) is 24.5. The van der Waals surface area contributed by atoms with Gasteiger partial charge in [0, 0.05) is 6.04 Å². The Hall–Kier alpha value is -2.78. The lowest BCUT2D eigenvalue weighted by atomic mass is 10.1. The van der Waals surface area contributed by atoms with Crippen LogP contribution >= 0.6 is 0 Å². The monoisotopic (exact) mass is 450 g/mol. The van der Waals surface area contributed by atoms with E-state index in [4.69, 9.17) is 14.2 Å². The number of hydrogen-bond donors (Lipinski definition) is 2. The first-order chi connectivity index (χ1) is 14.7. The highest BCUT2D eigenvalue weighted by Crippen LogP contribution is 2.29. The number of sulfonamides is 1. The zero-order valence-electron chi connectivity index (χ0n) is 18.5. The average Bonchev–Trinajstić information content (AvgIpc) is 2.76. The maximum absolute atomic E-state index is 12.3. The molecule has 8 nitrogen and oxygen atoms in total. The number of hydrogen-bond acceptors (Lipinski definition) is 6. The molecular weight excluding hydrogens is 420 g/mol. The molecule has 2 aromatic carbocycles. The van der Waals surface area contributed by atoms with Gasteiger partial charge in [-0.15, -0.1) is 0 Å². The van der Waals surface area contributed by atoms with E-state index in [0.29, 0.717) is 23.7 Å². The molecule has 2 N–H and O–H groups in total. The normalized spacial score (nSPS) is 13.2. The number of rotatable bonds is 11. The number of nitrogens with one attached hydrogen (secondary N) is 2. The summed E-state index contributed by atoms with van der Waals surface area (Å²) in [4.78, 5) is 12.4. The van der Waals surface area contributed by atoms with Crippen LogP contribution in [0.1, 0.15) is 38.8 Å². The van der Waals surface area contributed by atoms with Gasteiger partial charge < -0.3 is 19.5 Å². The third kappa shape index (κ3) is 6.86. The maximum atomic E-state index is 12.3. The average molecular weight is 451 g/mol. The standard InChI is InChI=1S/C22H30N2O6S/c1-6-15(2)24-31(26,27)19-10-8-18(9-11-19)30-14-22(25)23-16(3)17-7-12-20(28-4)21(13-17)29-5/h7-13,15-16,24H,6,14H2,1-5H3,(H,23,25)/t15-,16+/m0/s1. The van der Waals surface area contributed by atoms with Gasteiger partial charge in [-0.1, -0.05) is 13.0 Å². The molecule has 9 heteroatoms. The highest BCUT2D eigenvalue weighted by atomic mass is 32.2. The lowest BCUT2D eigenvalue weighted by Crippen LogP contribution is -2.32. The fourth-order valence-corrected chi connectivity index (χ4v) is 4.10. The van der Waals surface area contributed by atoms with E-state index in [9.17, 15) is 13.2 Å². The van der Waals surface area contributed by atoms with Gasteiger partial charge in [0.1, 0.15) is 5.75 Å². The minimum absolute atomic E-state index is 0.145. The van der Waals surface area contributed by atoms with Crippen molar-refractivity contribution in [2.75, 3.05) is 20.8 Å². The Morgan fingerprint density at radius 3 is 2.23 bits per heavy atom. The second-order valence-corrected chi connectivity index (χ2v) is 8.81. The van der Waals surface area contributed by atoms with E-state index in [1.165, 1.54) is 24.3 Å². The van der Waals surface area contributed by atoms with Crippen LogP contribution < -0.4 is 24.2 Å². The van der Waals surface area contributed by atoms with Crippen molar-refractivity contribution in [3.63, 3.8) is 0 Å². The van der Waals surface area contributed by atoms with Crippen molar-refractivity contribution in [2.24, 2.45) is 0 Å². The highest BCUT2D eigenvalue weighted by Gasteiger charge is 2.17. The molecule has 0 bridgehead atoms. The van der Waals surface area contributed by atoms with E-state index in [2.05, 4.69) is 10.0 Å². The van der Waals surface area contributed by atoms with E-state index in [0.717, 1.165) is 5.56 Å². The van der Waals surface area contributed by atoms with Crippen LogP contribution in [-0.2, 0) is 14.8 Å². The van der Waals surface area contributed by atoms with Crippen LogP contribution in [-0.4, -0.2) is 41.2 Å². The first-order valence-electron chi connectivity index (χ1n) is 9.96. The van der Waals surface area contributed by atoms with Crippen molar-refractivity contribution < 1.29 is 27.4 Å². The van der Waals surface area contributed by atoms with Crippen LogP contribution in [0.3, 0.4) is 0 Å². The molecule has 0 aromatic heterocycles. The van der Waals surface area contributed by atoms with E-state index < -0.39 is 10.0 Å². The van der Waals surface area contributed by atoms with Crippen LogP contribution in [0.15, 0.2) is 47.4 Å². The molecule has 0 aliphatic heterocycles. The third-order valence-corrected chi connectivity index (χ3v) is 6.36. The van der Waals surface area contributed by atoms with Gasteiger partial charge in [0.15, 0.2) is 18.1 Å². The summed E-state index contributed by atoms with van der Waals surface area (Å²) in [5, 5.41) is 2.85. The summed E-state index contributed by atoms with van der Waals surface area (Å²) >= 11 is 0. The van der Waals surface area contributed by atoms with Gasteiger partial charge in [-0.3, -0.25) is 4.79 Å². The van der Waals surface area contributed by atoms with Crippen LogP contribution in [0, 0.1) is 0 Å². The second kappa shape index (κ2) is 11.0. The lowest BCUT2D eigenvalue weighted by molar-refractivity contribution is -0.123. The number of amides is 1. The number of benzene rings is 2. The van der Waals surface area contributed by atoms with Gasteiger partial charge in [0.2, 0.25) is 10.0 Å². The summed E-state index contributed by atoms with van der Waals surface area (Å²) in [5.74, 6) is 1.28. The van der Waals surface area contributed by atoms with Gasteiger partial charge in [-0.2, -0.15) is 0 Å². The molecule has 0 unspecified atom stereocenters. The van der Waals surface area contributed by atoms with Crippen molar-refractivity contribution >= 4 is 15.9 Å². The molecule has 2 aromatic rings. The Morgan fingerprint density at radius 2 is 1.65 bits per heavy atom. The summed E-state index contributed by atoms with van der Waals surface area (Å²) in [6.45, 7) is 5.36. The van der Waals surface area contributed by atoms with E-state index in [1.54, 1.807) is 33.3 Å². The number of methoxy groups -OCH3 is 2. The summed E-state index contributed by atoms with van der Waals surface area (Å²) in [6, 6.07) is 10.9. The van der Waals surface area contributed by atoms with Gasteiger partial charge in [0.05, 0.1) is 25.2 Å². The van der Waals surface area contributed by atoms with Crippen molar-refractivity contribution in [2.45, 2.75) is 44.2 Å². The zero-order chi connectivity index (χ0) is 23.0. The Morgan fingerprint density at radius 1 is 1.00 bits per heavy atom. The summed E-state index contributed by atoms with van der Waals surface area (Å²) in [6.07, 6.45) is 0.692. The fraction of sp³-hybridized carbons (Fsp3) is 0.409. The number of ether oxygens (including phenoxy) is 3. The Kier molecular flexibility index (Phi) is 8.70. The second-order valence-electron chi connectivity index (χ2n) is 7.09. The third-order valence-electron chi connectivity index (χ3n) is 4.76.